The quantitative estimate of drug-likeness (QED) is 0.845. The van der Waals surface area contributed by atoms with Gasteiger partial charge in [0.1, 0.15) is 4.90 Å². The van der Waals surface area contributed by atoms with Gasteiger partial charge in [-0.05, 0) is 29.5 Å². The maximum absolute atomic E-state index is 13.6. The van der Waals surface area contributed by atoms with Crippen LogP contribution < -0.4 is 4.72 Å². The van der Waals surface area contributed by atoms with Crippen LogP contribution in [0.1, 0.15) is 26.3 Å². The van der Waals surface area contributed by atoms with Crippen LogP contribution in [0.5, 0.6) is 0 Å². The van der Waals surface area contributed by atoms with Gasteiger partial charge in [0, 0.05) is 6.54 Å². The van der Waals surface area contributed by atoms with E-state index in [0.717, 1.165) is 12.1 Å². The van der Waals surface area contributed by atoms with Gasteiger partial charge in [0.15, 0.2) is 11.6 Å². The number of hydrogen-bond donors (Lipinski definition) is 2. The van der Waals surface area contributed by atoms with Gasteiger partial charge in [-0.3, -0.25) is 0 Å². The van der Waals surface area contributed by atoms with Crippen molar-refractivity contribution >= 4 is 10.0 Å². The molecule has 0 spiro atoms. The molecule has 4 nitrogen and oxygen atoms in total. The van der Waals surface area contributed by atoms with Gasteiger partial charge in [-0.1, -0.05) is 20.8 Å². The van der Waals surface area contributed by atoms with Crippen molar-refractivity contribution in [3.63, 3.8) is 0 Å². The summed E-state index contributed by atoms with van der Waals surface area (Å²) in [6.07, 6.45) is 0. The van der Waals surface area contributed by atoms with Crippen molar-refractivity contribution in [2.75, 3.05) is 6.54 Å². The minimum atomic E-state index is -4.15. The fourth-order valence-corrected chi connectivity index (χ4v) is 2.74. The number of aliphatic hydroxyl groups excluding tert-OH is 1. The van der Waals surface area contributed by atoms with E-state index in [2.05, 4.69) is 4.72 Å². The number of halogens is 2. The molecule has 20 heavy (non-hydrogen) atoms. The highest BCUT2D eigenvalue weighted by Gasteiger charge is 2.23. The Morgan fingerprint density at radius 3 is 2.35 bits per heavy atom. The first-order valence-electron chi connectivity index (χ1n) is 6.27. The SMILES string of the molecule is CC(C)C(C)CNS(=O)(=O)c1cc(CO)cc(F)c1F. The largest absolute Gasteiger partial charge is 0.392 e. The minimum absolute atomic E-state index is 0.00110. The highest BCUT2D eigenvalue weighted by Crippen LogP contribution is 2.20. The molecule has 0 aromatic heterocycles. The van der Waals surface area contributed by atoms with Gasteiger partial charge in [0.2, 0.25) is 10.0 Å². The topological polar surface area (TPSA) is 66.4 Å². The monoisotopic (exact) mass is 307 g/mol. The highest BCUT2D eigenvalue weighted by molar-refractivity contribution is 7.89. The summed E-state index contributed by atoms with van der Waals surface area (Å²) in [6, 6.07) is 1.70. The number of aliphatic hydroxyl groups is 1. The van der Waals surface area contributed by atoms with E-state index in [-0.39, 0.29) is 23.9 Å². The molecule has 1 atom stereocenters. The lowest BCUT2D eigenvalue weighted by Gasteiger charge is -2.16. The Labute approximate surface area is 117 Å². The first kappa shape index (κ1) is 17.0. The summed E-state index contributed by atoms with van der Waals surface area (Å²) < 4.78 is 53.2. The lowest BCUT2D eigenvalue weighted by atomic mass is 9.99. The molecule has 1 aromatic rings. The van der Waals surface area contributed by atoms with Crippen LogP contribution in [-0.2, 0) is 16.6 Å². The zero-order valence-electron chi connectivity index (χ0n) is 11.7. The molecule has 0 amide bonds. The van der Waals surface area contributed by atoms with E-state index in [1.807, 2.05) is 20.8 Å². The average molecular weight is 307 g/mol. The molecule has 0 fully saturated rings. The van der Waals surface area contributed by atoms with E-state index in [9.17, 15) is 17.2 Å². The predicted molar refractivity (Wildman–Crippen MR) is 71.5 cm³/mol. The van der Waals surface area contributed by atoms with E-state index >= 15 is 0 Å². The van der Waals surface area contributed by atoms with Crippen molar-refractivity contribution in [2.24, 2.45) is 11.8 Å². The van der Waals surface area contributed by atoms with E-state index in [1.165, 1.54) is 0 Å². The number of sulfonamides is 1. The third kappa shape index (κ3) is 3.97. The summed E-state index contributed by atoms with van der Waals surface area (Å²) in [5, 5.41) is 8.93. The summed E-state index contributed by atoms with van der Waals surface area (Å²) in [5.41, 5.74) is 0.00110. The molecule has 0 aliphatic carbocycles. The molecule has 1 rings (SSSR count). The molecule has 0 heterocycles. The van der Waals surface area contributed by atoms with Crippen LogP contribution >= 0.6 is 0 Å². The fourth-order valence-electron chi connectivity index (χ4n) is 1.46. The zero-order chi connectivity index (χ0) is 15.5. The van der Waals surface area contributed by atoms with E-state index in [0.29, 0.717) is 0 Å². The highest BCUT2D eigenvalue weighted by atomic mass is 32.2. The molecule has 0 saturated carbocycles. The molecule has 0 bridgehead atoms. The molecule has 0 aliphatic heterocycles. The van der Waals surface area contributed by atoms with E-state index in [1.54, 1.807) is 0 Å². The molecule has 7 heteroatoms. The smallest absolute Gasteiger partial charge is 0.243 e. The van der Waals surface area contributed by atoms with Crippen LogP contribution in [-0.4, -0.2) is 20.1 Å². The Morgan fingerprint density at radius 2 is 1.85 bits per heavy atom. The Hall–Kier alpha value is -1.05. The third-order valence-electron chi connectivity index (χ3n) is 3.26. The summed E-state index contributed by atoms with van der Waals surface area (Å²) >= 11 is 0. The number of hydrogen-bond acceptors (Lipinski definition) is 3. The molecule has 114 valence electrons. The molecule has 1 aromatic carbocycles. The summed E-state index contributed by atoms with van der Waals surface area (Å²) in [5.74, 6) is -2.43. The Bertz CT molecular complexity index is 573. The molecule has 2 N–H and O–H groups in total. The number of benzene rings is 1. The molecule has 0 saturated heterocycles. The molecule has 0 aliphatic rings. The second-order valence-electron chi connectivity index (χ2n) is 5.12. The summed E-state index contributed by atoms with van der Waals surface area (Å²) in [7, 11) is -4.15. The maximum Gasteiger partial charge on any atom is 0.243 e. The van der Waals surface area contributed by atoms with Crippen LogP contribution in [0.25, 0.3) is 0 Å². The number of rotatable bonds is 6. The number of nitrogens with one attached hydrogen (secondary N) is 1. The van der Waals surface area contributed by atoms with Crippen molar-refractivity contribution < 1.29 is 22.3 Å². The van der Waals surface area contributed by atoms with Crippen LogP contribution in [0.2, 0.25) is 0 Å². The van der Waals surface area contributed by atoms with E-state index in [4.69, 9.17) is 5.11 Å². The lowest BCUT2D eigenvalue weighted by Crippen LogP contribution is -2.31. The first-order valence-corrected chi connectivity index (χ1v) is 7.75. The first-order chi connectivity index (χ1) is 9.19. The maximum atomic E-state index is 13.6. The van der Waals surface area contributed by atoms with Crippen LogP contribution in [0.4, 0.5) is 8.78 Å². The van der Waals surface area contributed by atoms with Gasteiger partial charge < -0.3 is 5.11 Å². The molecule has 0 radical (unpaired) electrons. The normalized spacial score (nSPS) is 13.8. The molecule has 1 unspecified atom stereocenters. The lowest BCUT2D eigenvalue weighted by molar-refractivity contribution is 0.280. The van der Waals surface area contributed by atoms with Crippen molar-refractivity contribution in [3.05, 3.63) is 29.3 Å². The second kappa shape index (κ2) is 6.60. The van der Waals surface area contributed by atoms with Crippen LogP contribution in [0, 0.1) is 23.5 Å². The van der Waals surface area contributed by atoms with Crippen LogP contribution in [0.3, 0.4) is 0 Å². The third-order valence-corrected chi connectivity index (χ3v) is 4.68. The standard InChI is InChI=1S/C13H19F2NO3S/c1-8(2)9(3)6-16-20(18,19)12-5-10(7-17)4-11(14)13(12)15/h4-5,8-9,16-17H,6-7H2,1-3H3. The van der Waals surface area contributed by atoms with Gasteiger partial charge >= 0.3 is 0 Å². The second-order valence-corrected chi connectivity index (χ2v) is 6.86. The van der Waals surface area contributed by atoms with Gasteiger partial charge in [-0.2, -0.15) is 0 Å². The van der Waals surface area contributed by atoms with Crippen molar-refractivity contribution in [1.82, 2.24) is 4.72 Å². The predicted octanol–water partition coefficient (Wildman–Crippen LogP) is 2.03. The van der Waals surface area contributed by atoms with Crippen LogP contribution in [0.15, 0.2) is 17.0 Å². The molecular weight excluding hydrogens is 288 g/mol. The van der Waals surface area contributed by atoms with E-state index < -0.39 is 33.2 Å². The van der Waals surface area contributed by atoms with Crippen molar-refractivity contribution in [3.8, 4) is 0 Å². The minimum Gasteiger partial charge on any atom is -0.392 e. The molecular formula is C13H19F2NO3S. The fraction of sp³-hybridized carbons (Fsp3) is 0.538. The summed E-state index contributed by atoms with van der Waals surface area (Å²) in [4.78, 5) is -0.780. The zero-order valence-corrected chi connectivity index (χ0v) is 12.5. The Balaban J connectivity index is 3.06. The van der Waals surface area contributed by atoms with Crippen molar-refractivity contribution in [2.45, 2.75) is 32.3 Å². The summed E-state index contributed by atoms with van der Waals surface area (Å²) in [6.45, 7) is 5.29. The van der Waals surface area contributed by atoms with Crippen molar-refractivity contribution in [1.29, 1.82) is 0 Å². The van der Waals surface area contributed by atoms with Gasteiger partial charge in [0.25, 0.3) is 0 Å². The van der Waals surface area contributed by atoms with Gasteiger partial charge in [-0.25, -0.2) is 21.9 Å². The van der Waals surface area contributed by atoms with Gasteiger partial charge in [-0.15, -0.1) is 0 Å². The average Bonchev–Trinajstić information content (AvgIpc) is 2.38. The Kier molecular flexibility index (Phi) is 5.61. The van der Waals surface area contributed by atoms with Gasteiger partial charge in [0.05, 0.1) is 6.61 Å². The Morgan fingerprint density at radius 1 is 1.25 bits per heavy atom.